The fraction of sp³-hybridized carbons (Fsp3) is 0.579. The molecule has 1 saturated heterocycles. The van der Waals surface area contributed by atoms with E-state index < -0.39 is 0 Å². The van der Waals surface area contributed by atoms with Crippen molar-refractivity contribution < 1.29 is 9.59 Å². The molecule has 4 nitrogen and oxygen atoms in total. The van der Waals surface area contributed by atoms with E-state index in [0.29, 0.717) is 24.9 Å². The Morgan fingerprint density at radius 3 is 2.61 bits per heavy atom. The molecule has 3 rings (SSSR count). The van der Waals surface area contributed by atoms with E-state index in [4.69, 9.17) is 0 Å². The van der Waals surface area contributed by atoms with Crippen LogP contribution in [-0.2, 0) is 9.59 Å². The van der Waals surface area contributed by atoms with Crippen LogP contribution < -0.4 is 5.32 Å². The number of anilines is 1. The maximum Gasteiger partial charge on any atom is 0.229 e. The van der Waals surface area contributed by atoms with Crippen LogP contribution in [0.2, 0.25) is 0 Å². The van der Waals surface area contributed by atoms with Gasteiger partial charge in [-0.2, -0.15) is 0 Å². The molecule has 2 fully saturated rings. The molecule has 0 unspecified atom stereocenters. The van der Waals surface area contributed by atoms with Gasteiger partial charge in [-0.3, -0.25) is 9.59 Å². The first-order chi connectivity index (χ1) is 11.1. The summed E-state index contributed by atoms with van der Waals surface area (Å²) in [5, 5.41) is 3.05. The van der Waals surface area contributed by atoms with Crippen LogP contribution in [0, 0.1) is 5.92 Å². The number of hydrogen-bond acceptors (Lipinski definition) is 2. The summed E-state index contributed by atoms with van der Waals surface area (Å²) in [6, 6.07) is 8.28. The molecule has 1 heterocycles. The molecule has 0 radical (unpaired) electrons. The third kappa shape index (κ3) is 3.41. The van der Waals surface area contributed by atoms with Gasteiger partial charge in [0.15, 0.2) is 0 Å². The van der Waals surface area contributed by atoms with Gasteiger partial charge in [-0.05, 0) is 30.4 Å². The number of nitrogens with zero attached hydrogens (tertiary/aromatic N) is 1. The van der Waals surface area contributed by atoms with E-state index in [9.17, 15) is 9.59 Å². The smallest absolute Gasteiger partial charge is 0.229 e. The zero-order chi connectivity index (χ0) is 16.4. The highest BCUT2D eigenvalue weighted by Gasteiger charge is 2.38. The van der Waals surface area contributed by atoms with Crippen LogP contribution in [0.15, 0.2) is 24.3 Å². The highest BCUT2D eigenvalue weighted by atomic mass is 16.2. The number of para-hydroxylation sites is 1. The third-order valence-corrected chi connectivity index (χ3v) is 5.14. The molecule has 23 heavy (non-hydrogen) atoms. The Hall–Kier alpha value is -1.84. The number of hydrogen-bond donors (Lipinski definition) is 1. The van der Waals surface area contributed by atoms with E-state index in [1.165, 1.54) is 12.8 Å². The van der Waals surface area contributed by atoms with Crippen molar-refractivity contribution in [3.05, 3.63) is 29.8 Å². The molecule has 2 aliphatic rings. The van der Waals surface area contributed by atoms with Crippen LogP contribution in [0.25, 0.3) is 0 Å². The number of likely N-dealkylation sites (tertiary alicyclic amines) is 1. The second-order valence-electron chi connectivity index (χ2n) is 7.12. The minimum absolute atomic E-state index is 0.0213. The minimum Gasteiger partial charge on any atom is -0.339 e. The average Bonchev–Trinajstić information content (AvgIpc) is 3.16. The van der Waals surface area contributed by atoms with Crippen molar-refractivity contribution in [2.75, 3.05) is 11.9 Å². The topological polar surface area (TPSA) is 49.4 Å². The summed E-state index contributed by atoms with van der Waals surface area (Å²) in [4.78, 5) is 26.8. The summed E-state index contributed by atoms with van der Waals surface area (Å²) in [5.41, 5.74) is 2.01. The van der Waals surface area contributed by atoms with Crippen LogP contribution in [-0.4, -0.2) is 29.3 Å². The molecule has 0 bridgehead atoms. The van der Waals surface area contributed by atoms with E-state index in [1.54, 1.807) is 0 Å². The monoisotopic (exact) mass is 314 g/mol. The van der Waals surface area contributed by atoms with Crippen LogP contribution >= 0.6 is 0 Å². The van der Waals surface area contributed by atoms with E-state index >= 15 is 0 Å². The van der Waals surface area contributed by atoms with Crippen molar-refractivity contribution in [1.29, 1.82) is 0 Å². The largest absolute Gasteiger partial charge is 0.339 e. The zero-order valence-electron chi connectivity index (χ0n) is 14.0. The maximum atomic E-state index is 12.6. The summed E-state index contributed by atoms with van der Waals surface area (Å²) in [5.74, 6) is 0.260. The standard InChI is InChI=1S/C19H26N2O2/c1-13(2)16-9-5-6-10-17(16)20-19(23)14-11-18(22)21(12-14)15-7-3-4-8-15/h5-6,9-10,13-15H,3-4,7-8,11-12H2,1-2H3,(H,20,23)/t14-/m0/s1. The Morgan fingerprint density at radius 1 is 1.22 bits per heavy atom. The number of carbonyl (C=O) groups is 2. The summed E-state index contributed by atoms with van der Waals surface area (Å²) >= 11 is 0. The lowest BCUT2D eigenvalue weighted by molar-refractivity contribution is -0.129. The van der Waals surface area contributed by atoms with E-state index in [0.717, 1.165) is 24.1 Å². The first-order valence-corrected chi connectivity index (χ1v) is 8.75. The second-order valence-corrected chi connectivity index (χ2v) is 7.12. The SMILES string of the molecule is CC(C)c1ccccc1NC(=O)[C@H]1CC(=O)N(C2CCCC2)C1. The van der Waals surface area contributed by atoms with Gasteiger partial charge in [0.1, 0.15) is 0 Å². The van der Waals surface area contributed by atoms with Crippen molar-refractivity contribution in [3.8, 4) is 0 Å². The van der Waals surface area contributed by atoms with Gasteiger partial charge >= 0.3 is 0 Å². The van der Waals surface area contributed by atoms with Gasteiger partial charge in [-0.15, -0.1) is 0 Å². The summed E-state index contributed by atoms with van der Waals surface area (Å²) in [6.45, 7) is 4.82. The summed E-state index contributed by atoms with van der Waals surface area (Å²) < 4.78 is 0. The molecule has 4 heteroatoms. The lowest BCUT2D eigenvalue weighted by Gasteiger charge is -2.24. The molecule has 1 N–H and O–H groups in total. The first-order valence-electron chi connectivity index (χ1n) is 8.75. The van der Waals surface area contributed by atoms with E-state index in [2.05, 4.69) is 19.2 Å². The van der Waals surface area contributed by atoms with Crippen molar-refractivity contribution in [2.45, 2.75) is 57.9 Å². The Labute approximate surface area is 138 Å². The van der Waals surface area contributed by atoms with Gasteiger partial charge in [0.05, 0.1) is 5.92 Å². The van der Waals surface area contributed by atoms with Gasteiger partial charge in [0.25, 0.3) is 0 Å². The maximum absolute atomic E-state index is 12.6. The summed E-state index contributed by atoms with van der Waals surface area (Å²) in [6.07, 6.45) is 4.94. The Balaban J connectivity index is 1.66. The normalized spacial score (nSPS) is 22.1. The highest BCUT2D eigenvalue weighted by molar-refractivity contribution is 5.97. The fourth-order valence-corrected chi connectivity index (χ4v) is 3.83. The molecule has 2 amide bonds. The number of benzene rings is 1. The Morgan fingerprint density at radius 2 is 1.91 bits per heavy atom. The van der Waals surface area contributed by atoms with Crippen molar-refractivity contribution in [2.24, 2.45) is 5.92 Å². The molecule has 1 aliphatic heterocycles. The van der Waals surface area contributed by atoms with Crippen LogP contribution in [0.1, 0.15) is 57.4 Å². The molecule has 0 aromatic heterocycles. The van der Waals surface area contributed by atoms with Crippen molar-refractivity contribution in [1.82, 2.24) is 4.90 Å². The molecule has 1 aliphatic carbocycles. The number of nitrogens with one attached hydrogen (secondary N) is 1. The highest BCUT2D eigenvalue weighted by Crippen LogP contribution is 2.30. The lowest BCUT2D eigenvalue weighted by Crippen LogP contribution is -2.35. The van der Waals surface area contributed by atoms with Crippen molar-refractivity contribution >= 4 is 17.5 Å². The lowest BCUT2D eigenvalue weighted by atomic mass is 10.0. The van der Waals surface area contributed by atoms with Gasteiger partial charge in [0, 0.05) is 24.7 Å². The van der Waals surface area contributed by atoms with E-state index in [1.807, 2.05) is 29.2 Å². The van der Waals surface area contributed by atoms with Gasteiger partial charge < -0.3 is 10.2 Å². The van der Waals surface area contributed by atoms with Crippen LogP contribution in [0.5, 0.6) is 0 Å². The molecular weight excluding hydrogens is 288 g/mol. The van der Waals surface area contributed by atoms with Crippen molar-refractivity contribution in [3.63, 3.8) is 0 Å². The zero-order valence-corrected chi connectivity index (χ0v) is 14.0. The van der Waals surface area contributed by atoms with Gasteiger partial charge in [-0.1, -0.05) is 44.9 Å². The Bertz CT molecular complexity index is 591. The quantitative estimate of drug-likeness (QED) is 0.924. The minimum atomic E-state index is -0.219. The van der Waals surface area contributed by atoms with Crippen LogP contribution in [0.3, 0.4) is 0 Å². The molecular formula is C19H26N2O2. The molecule has 1 aromatic carbocycles. The first kappa shape index (κ1) is 16.0. The molecule has 1 atom stereocenters. The fourth-order valence-electron chi connectivity index (χ4n) is 3.83. The summed E-state index contributed by atoms with van der Waals surface area (Å²) in [7, 11) is 0. The number of amides is 2. The predicted octanol–water partition coefficient (Wildman–Crippen LogP) is 3.54. The molecule has 1 aromatic rings. The average molecular weight is 314 g/mol. The van der Waals surface area contributed by atoms with E-state index in [-0.39, 0.29) is 17.7 Å². The predicted molar refractivity (Wildman–Crippen MR) is 91.2 cm³/mol. The van der Waals surface area contributed by atoms with Gasteiger partial charge in [-0.25, -0.2) is 0 Å². The molecule has 124 valence electrons. The Kier molecular flexibility index (Phi) is 4.69. The number of rotatable bonds is 4. The third-order valence-electron chi connectivity index (χ3n) is 5.14. The van der Waals surface area contributed by atoms with Gasteiger partial charge in [0.2, 0.25) is 11.8 Å². The number of carbonyl (C=O) groups excluding carboxylic acids is 2. The van der Waals surface area contributed by atoms with Crippen LogP contribution in [0.4, 0.5) is 5.69 Å². The molecule has 1 saturated carbocycles. The molecule has 0 spiro atoms. The second kappa shape index (κ2) is 6.73.